The van der Waals surface area contributed by atoms with E-state index in [1.54, 1.807) is 53.5 Å². The number of hydrogen-bond donors (Lipinski definition) is 1. The van der Waals surface area contributed by atoms with E-state index in [2.05, 4.69) is 22.1 Å². The van der Waals surface area contributed by atoms with E-state index in [0.29, 0.717) is 49.6 Å². The summed E-state index contributed by atoms with van der Waals surface area (Å²) in [6, 6.07) is 12.2. The highest BCUT2D eigenvalue weighted by atomic mass is 35.5. The quantitative estimate of drug-likeness (QED) is 0.107. The van der Waals surface area contributed by atoms with Crippen LogP contribution in [0.2, 0.25) is 10.0 Å². The third-order valence-electron chi connectivity index (χ3n) is 5.52. The highest BCUT2D eigenvalue weighted by Crippen LogP contribution is 2.37. The molecule has 2 heterocycles. The Hall–Kier alpha value is -3.51. The van der Waals surface area contributed by atoms with Crippen LogP contribution < -0.4 is 14.8 Å². The standard InChI is InChI=1S/C27H24Cl2N4O5S2/c1-4-11-33-22(13-38-21-12-17(28)7-10-20(21)29)31-32-27(33)40-15-23(34)30-25-24(26(35)37-3)19(14-39-25)16-5-8-18(36-2)9-6-16/h4-10,12,14H,1,11,13,15H2,2-3H3,(H,30,34). The van der Waals surface area contributed by atoms with Crippen molar-refractivity contribution in [3.63, 3.8) is 0 Å². The zero-order valence-electron chi connectivity index (χ0n) is 21.5. The van der Waals surface area contributed by atoms with Crippen LogP contribution in [0.15, 0.2) is 65.7 Å². The van der Waals surface area contributed by atoms with Crippen LogP contribution in [0.25, 0.3) is 11.1 Å². The van der Waals surface area contributed by atoms with Gasteiger partial charge in [-0.2, -0.15) is 0 Å². The van der Waals surface area contributed by atoms with E-state index >= 15 is 0 Å². The number of thioether (sulfide) groups is 1. The summed E-state index contributed by atoms with van der Waals surface area (Å²) >= 11 is 14.7. The van der Waals surface area contributed by atoms with Gasteiger partial charge in [0.1, 0.15) is 28.7 Å². The fourth-order valence-electron chi connectivity index (χ4n) is 3.61. The summed E-state index contributed by atoms with van der Waals surface area (Å²) in [6.45, 7) is 4.28. The molecule has 0 unspecified atom stereocenters. The molecule has 0 saturated carbocycles. The minimum atomic E-state index is -0.551. The van der Waals surface area contributed by atoms with Crippen molar-refractivity contribution >= 4 is 63.2 Å². The first kappa shape index (κ1) is 29.5. The van der Waals surface area contributed by atoms with Crippen molar-refractivity contribution in [3.05, 3.63) is 81.9 Å². The average molecular weight is 620 g/mol. The van der Waals surface area contributed by atoms with E-state index in [1.807, 2.05) is 12.1 Å². The Morgan fingerprint density at radius 3 is 2.62 bits per heavy atom. The van der Waals surface area contributed by atoms with Crippen molar-refractivity contribution in [1.82, 2.24) is 14.8 Å². The van der Waals surface area contributed by atoms with Gasteiger partial charge in [-0.15, -0.1) is 28.1 Å². The average Bonchev–Trinajstić information content (AvgIpc) is 3.56. The highest BCUT2D eigenvalue weighted by Gasteiger charge is 2.23. The van der Waals surface area contributed by atoms with Gasteiger partial charge >= 0.3 is 5.97 Å². The minimum Gasteiger partial charge on any atom is -0.497 e. The molecule has 4 rings (SSSR count). The summed E-state index contributed by atoms with van der Waals surface area (Å²) in [5.41, 5.74) is 1.72. The van der Waals surface area contributed by atoms with Crippen molar-refractivity contribution in [2.75, 3.05) is 25.3 Å². The van der Waals surface area contributed by atoms with Crippen LogP contribution in [0, 0.1) is 0 Å². The van der Waals surface area contributed by atoms with Crippen LogP contribution in [0.4, 0.5) is 5.00 Å². The van der Waals surface area contributed by atoms with Gasteiger partial charge in [-0.05, 0) is 29.8 Å². The molecule has 0 spiro atoms. The molecule has 9 nitrogen and oxygen atoms in total. The van der Waals surface area contributed by atoms with E-state index in [1.165, 1.54) is 30.2 Å². The second kappa shape index (κ2) is 13.7. The van der Waals surface area contributed by atoms with Gasteiger partial charge in [0.2, 0.25) is 5.91 Å². The number of methoxy groups -OCH3 is 2. The summed E-state index contributed by atoms with van der Waals surface area (Å²) in [4.78, 5) is 25.6. The molecule has 2 aromatic heterocycles. The van der Waals surface area contributed by atoms with Gasteiger partial charge in [-0.1, -0.05) is 53.2 Å². The topological polar surface area (TPSA) is 105 Å². The third kappa shape index (κ3) is 6.97. The first-order valence-electron chi connectivity index (χ1n) is 11.7. The minimum absolute atomic E-state index is 0.0205. The number of allylic oxidation sites excluding steroid dienone is 1. The number of esters is 1. The van der Waals surface area contributed by atoms with Crippen LogP contribution in [0.3, 0.4) is 0 Å². The second-order valence-electron chi connectivity index (χ2n) is 8.07. The molecular formula is C27H24Cl2N4O5S2. The number of carbonyl (C=O) groups is 2. The summed E-state index contributed by atoms with van der Waals surface area (Å²) < 4.78 is 17.8. The fourth-order valence-corrected chi connectivity index (χ4v) is 5.68. The molecule has 0 saturated heterocycles. The first-order chi connectivity index (χ1) is 19.3. The number of thiophene rings is 1. The lowest BCUT2D eigenvalue weighted by molar-refractivity contribution is -0.113. The molecule has 40 heavy (non-hydrogen) atoms. The molecule has 2 aromatic carbocycles. The lowest BCUT2D eigenvalue weighted by Crippen LogP contribution is -2.16. The van der Waals surface area contributed by atoms with Crippen LogP contribution in [0.1, 0.15) is 16.2 Å². The molecule has 208 valence electrons. The molecule has 0 atom stereocenters. The molecule has 0 aliphatic carbocycles. The molecule has 0 fully saturated rings. The Morgan fingerprint density at radius 1 is 1.15 bits per heavy atom. The van der Waals surface area contributed by atoms with Gasteiger partial charge in [-0.25, -0.2) is 4.79 Å². The molecule has 0 radical (unpaired) electrons. The number of nitrogens with zero attached hydrogens (tertiary/aromatic N) is 3. The Morgan fingerprint density at radius 2 is 1.93 bits per heavy atom. The monoisotopic (exact) mass is 618 g/mol. The van der Waals surface area contributed by atoms with Gasteiger partial charge in [0.05, 0.1) is 25.0 Å². The smallest absolute Gasteiger partial charge is 0.341 e. The number of ether oxygens (including phenoxy) is 3. The van der Waals surface area contributed by atoms with Crippen molar-refractivity contribution < 1.29 is 23.8 Å². The van der Waals surface area contributed by atoms with E-state index < -0.39 is 5.97 Å². The van der Waals surface area contributed by atoms with Crippen molar-refractivity contribution in [1.29, 1.82) is 0 Å². The number of amides is 1. The summed E-state index contributed by atoms with van der Waals surface area (Å²) in [5.74, 6) is 0.778. The zero-order valence-corrected chi connectivity index (χ0v) is 24.6. The molecule has 1 N–H and O–H groups in total. The Labute approximate surface area is 249 Å². The van der Waals surface area contributed by atoms with Crippen molar-refractivity contribution in [2.24, 2.45) is 0 Å². The lowest BCUT2D eigenvalue weighted by Gasteiger charge is -2.10. The zero-order chi connectivity index (χ0) is 28.6. The molecule has 4 aromatic rings. The number of halogens is 2. The number of aromatic nitrogens is 3. The summed E-state index contributed by atoms with van der Waals surface area (Å²) in [5, 5.41) is 14.9. The molecular weight excluding hydrogens is 595 g/mol. The lowest BCUT2D eigenvalue weighted by atomic mass is 10.0. The Bertz CT molecular complexity index is 1520. The van der Waals surface area contributed by atoms with Crippen LogP contribution >= 0.6 is 46.3 Å². The number of benzene rings is 2. The SMILES string of the molecule is C=CCn1c(COc2cc(Cl)ccc2Cl)nnc1SCC(=O)Nc1scc(-c2ccc(OC)cc2)c1C(=O)OC. The number of hydrogen-bond acceptors (Lipinski definition) is 9. The van der Waals surface area contributed by atoms with E-state index in [9.17, 15) is 9.59 Å². The van der Waals surface area contributed by atoms with Gasteiger partial charge in [0.15, 0.2) is 11.0 Å². The first-order valence-corrected chi connectivity index (χ1v) is 14.3. The van der Waals surface area contributed by atoms with Gasteiger partial charge in [0.25, 0.3) is 0 Å². The largest absolute Gasteiger partial charge is 0.497 e. The predicted molar refractivity (Wildman–Crippen MR) is 158 cm³/mol. The summed E-state index contributed by atoms with van der Waals surface area (Å²) in [7, 11) is 2.88. The molecule has 0 aliphatic rings. The van der Waals surface area contributed by atoms with Crippen molar-refractivity contribution in [2.45, 2.75) is 18.3 Å². The van der Waals surface area contributed by atoms with E-state index in [4.69, 9.17) is 37.4 Å². The van der Waals surface area contributed by atoms with Gasteiger partial charge in [0, 0.05) is 28.6 Å². The normalized spacial score (nSPS) is 10.7. The Kier molecular flexibility index (Phi) is 10.1. The maximum absolute atomic E-state index is 12.9. The van der Waals surface area contributed by atoms with Crippen LogP contribution in [0.5, 0.6) is 11.5 Å². The van der Waals surface area contributed by atoms with Gasteiger partial charge in [-0.3, -0.25) is 9.36 Å². The summed E-state index contributed by atoms with van der Waals surface area (Å²) in [6.07, 6.45) is 1.69. The number of carbonyl (C=O) groups excluding carboxylic acids is 2. The second-order valence-corrected chi connectivity index (χ2v) is 10.7. The fraction of sp³-hybridized carbons (Fsp3) is 0.185. The number of nitrogens with one attached hydrogen (secondary N) is 1. The predicted octanol–water partition coefficient (Wildman–Crippen LogP) is 6.60. The van der Waals surface area contributed by atoms with Gasteiger partial charge < -0.3 is 19.5 Å². The van der Waals surface area contributed by atoms with Crippen LogP contribution in [-0.4, -0.2) is 46.6 Å². The Balaban J connectivity index is 1.45. The molecule has 0 aliphatic heterocycles. The van der Waals surface area contributed by atoms with E-state index in [-0.39, 0.29) is 23.8 Å². The molecule has 13 heteroatoms. The highest BCUT2D eigenvalue weighted by molar-refractivity contribution is 7.99. The van der Waals surface area contributed by atoms with E-state index in [0.717, 1.165) is 5.56 Å². The third-order valence-corrected chi connectivity index (χ3v) is 7.93. The van der Waals surface area contributed by atoms with Crippen molar-refractivity contribution in [3.8, 4) is 22.6 Å². The molecule has 1 amide bonds. The molecule has 0 bridgehead atoms. The number of rotatable bonds is 12. The van der Waals surface area contributed by atoms with Crippen LogP contribution in [-0.2, 0) is 22.7 Å². The maximum atomic E-state index is 12.9. The number of anilines is 1. The maximum Gasteiger partial charge on any atom is 0.341 e.